The van der Waals surface area contributed by atoms with Crippen molar-refractivity contribution in [3.05, 3.63) is 36.8 Å². The van der Waals surface area contributed by atoms with Crippen LogP contribution < -0.4 is 10.6 Å². The van der Waals surface area contributed by atoms with E-state index >= 15 is 0 Å². The van der Waals surface area contributed by atoms with Crippen molar-refractivity contribution in [3.63, 3.8) is 0 Å². The maximum Gasteiger partial charge on any atom is 0.191 e. The lowest BCUT2D eigenvalue weighted by Gasteiger charge is -2.09. The number of hydrogen-bond donors (Lipinski definition) is 2. The fraction of sp³-hybridized carbons (Fsp3) is 0.364. The van der Waals surface area contributed by atoms with Crippen LogP contribution in [0.5, 0.6) is 0 Å². The summed E-state index contributed by atoms with van der Waals surface area (Å²) < 4.78 is 5.21. The zero-order valence-corrected chi connectivity index (χ0v) is 11.7. The monoisotopic (exact) mass is 335 g/mol. The van der Waals surface area contributed by atoms with Crippen LogP contribution in [0.15, 0.2) is 40.5 Å². The first kappa shape index (κ1) is 15.0. The molecule has 1 aromatic heterocycles. The summed E-state index contributed by atoms with van der Waals surface area (Å²) in [5.41, 5.74) is 0. The molecule has 0 radical (unpaired) electrons. The highest BCUT2D eigenvalue weighted by Gasteiger charge is 1.97. The Kier molecular flexibility index (Phi) is 8.69. The standard InChI is InChI=1S/C11H17N3O.HI/c1-3-7-13-11(12-2)14-8-6-10-5-4-9-15-10;/h3-5,9H,1,6-8H2,2H3,(H2,12,13,14);1H. The Morgan fingerprint density at radius 3 is 2.94 bits per heavy atom. The molecule has 1 heterocycles. The normalized spacial score (nSPS) is 10.4. The third-order valence-corrected chi connectivity index (χ3v) is 1.88. The first-order valence-corrected chi connectivity index (χ1v) is 4.94. The molecule has 0 fully saturated rings. The third-order valence-electron chi connectivity index (χ3n) is 1.88. The van der Waals surface area contributed by atoms with Crippen molar-refractivity contribution in [1.82, 2.24) is 10.6 Å². The van der Waals surface area contributed by atoms with Gasteiger partial charge in [-0.2, -0.15) is 0 Å². The van der Waals surface area contributed by atoms with E-state index in [9.17, 15) is 0 Å². The topological polar surface area (TPSA) is 49.6 Å². The molecule has 0 saturated carbocycles. The smallest absolute Gasteiger partial charge is 0.191 e. The molecule has 16 heavy (non-hydrogen) atoms. The number of hydrogen-bond acceptors (Lipinski definition) is 2. The third kappa shape index (κ3) is 5.79. The van der Waals surface area contributed by atoms with Crippen molar-refractivity contribution in [2.45, 2.75) is 6.42 Å². The number of nitrogens with zero attached hydrogens (tertiary/aromatic N) is 1. The van der Waals surface area contributed by atoms with Crippen LogP contribution in [0, 0.1) is 0 Å². The average Bonchev–Trinajstić information content (AvgIpc) is 2.76. The van der Waals surface area contributed by atoms with Gasteiger partial charge in [0.25, 0.3) is 0 Å². The van der Waals surface area contributed by atoms with Gasteiger partial charge in [0.15, 0.2) is 5.96 Å². The Morgan fingerprint density at radius 1 is 1.56 bits per heavy atom. The van der Waals surface area contributed by atoms with Crippen LogP contribution >= 0.6 is 24.0 Å². The van der Waals surface area contributed by atoms with Crippen LogP contribution in [-0.2, 0) is 6.42 Å². The predicted octanol–water partition coefficient (Wildman–Crippen LogP) is 1.79. The summed E-state index contributed by atoms with van der Waals surface area (Å²) in [6, 6.07) is 3.85. The van der Waals surface area contributed by atoms with Gasteiger partial charge in [0, 0.05) is 26.6 Å². The van der Waals surface area contributed by atoms with E-state index in [2.05, 4.69) is 22.2 Å². The van der Waals surface area contributed by atoms with Gasteiger partial charge >= 0.3 is 0 Å². The van der Waals surface area contributed by atoms with Gasteiger partial charge in [0.1, 0.15) is 5.76 Å². The highest BCUT2D eigenvalue weighted by atomic mass is 127. The Morgan fingerprint density at radius 2 is 2.38 bits per heavy atom. The molecule has 0 aliphatic carbocycles. The van der Waals surface area contributed by atoms with Crippen LogP contribution in [0.1, 0.15) is 5.76 Å². The molecule has 90 valence electrons. The second kappa shape index (κ2) is 9.26. The summed E-state index contributed by atoms with van der Waals surface area (Å²) in [5, 5.41) is 6.26. The van der Waals surface area contributed by atoms with Gasteiger partial charge in [-0.1, -0.05) is 6.08 Å². The molecular weight excluding hydrogens is 317 g/mol. The van der Waals surface area contributed by atoms with Crippen LogP contribution in [0.25, 0.3) is 0 Å². The number of aliphatic imine (C=N–C) groups is 1. The second-order valence-electron chi connectivity index (χ2n) is 3.00. The van der Waals surface area contributed by atoms with Gasteiger partial charge in [-0.15, -0.1) is 30.6 Å². The van der Waals surface area contributed by atoms with E-state index in [4.69, 9.17) is 4.42 Å². The maximum absolute atomic E-state index is 5.21. The quantitative estimate of drug-likeness (QED) is 0.373. The van der Waals surface area contributed by atoms with Crippen molar-refractivity contribution >= 4 is 29.9 Å². The number of nitrogens with one attached hydrogen (secondary N) is 2. The van der Waals surface area contributed by atoms with E-state index in [0.717, 1.165) is 24.7 Å². The number of guanidine groups is 1. The van der Waals surface area contributed by atoms with E-state index in [1.54, 1.807) is 19.4 Å². The molecule has 1 aromatic rings. The Hall–Kier alpha value is -0.980. The molecule has 4 nitrogen and oxygen atoms in total. The highest BCUT2D eigenvalue weighted by Crippen LogP contribution is 1.99. The minimum atomic E-state index is 0. The Bertz CT molecular complexity index is 309. The van der Waals surface area contributed by atoms with E-state index in [1.165, 1.54) is 0 Å². The second-order valence-corrected chi connectivity index (χ2v) is 3.00. The molecule has 0 atom stereocenters. The van der Waals surface area contributed by atoms with E-state index in [-0.39, 0.29) is 24.0 Å². The molecule has 0 spiro atoms. The maximum atomic E-state index is 5.21. The van der Waals surface area contributed by atoms with E-state index < -0.39 is 0 Å². The highest BCUT2D eigenvalue weighted by molar-refractivity contribution is 14.0. The summed E-state index contributed by atoms with van der Waals surface area (Å²) in [7, 11) is 1.74. The molecule has 0 aliphatic rings. The molecule has 0 amide bonds. The summed E-state index contributed by atoms with van der Waals surface area (Å²) in [5.74, 6) is 1.75. The van der Waals surface area contributed by atoms with Crippen molar-refractivity contribution in [2.75, 3.05) is 20.1 Å². The molecule has 0 unspecified atom stereocenters. The zero-order chi connectivity index (χ0) is 10.9. The lowest BCUT2D eigenvalue weighted by molar-refractivity contribution is 0.507. The van der Waals surface area contributed by atoms with E-state index in [1.807, 2.05) is 12.1 Å². The molecule has 0 aromatic carbocycles. The number of furan rings is 1. The first-order chi connectivity index (χ1) is 7.36. The van der Waals surface area contributed by atoms with Gasteiger partial charge in [-0.3, -0.25) is 4.99 Å². The van der Waals surface area contributed by atoms with Gasteiger partial charge in [0.2, 0.25) is 0 Å². The van der Waals surface area contributed by atoms with E-state index in [0.29, 0.717) is 6.54 Å². The van der Waals surface area contributed by atoms with Crippen LogP contribution in [0.3, 0.4) is 0 Å². The summed E-state index contributed by atoms with van der Waals surface area (Å²) in [4.78, 5) is 4.06. The minimum absolute atomic E-state index is 0. The molecular formula is C11H18IN3O. The largest absolute Gasteiger partial charge is 0.469 e. The lowest BCUT2D eigenvalue weighted by atomic mass is 10.3. The Balaban J connectivity index is 0.00000225. The SMILES string of the molecule is C=CCNC(=NC)NCCc1ccco1.I. The van der Waals surface area contributed by atoms with Gasteiger partial charge in [-0.05, 0) is 12.1 Å². The fourth-order valence-corrected chi connectivity index (χ4v) is 1.15. The lowest BCUT2D eigenvalue weighted by Crippen LogP contribution is -2.38. The summed E-state index contributed by atoms with van der Waals surface area (Å²) >= 11 is 0. The molecule has 5 heteroatoms. The summed E-state index contributed by atoms with van der Waals surface area (Å²) in [6.45, 7) is 5.13. The number of halogens is 1. The van der Waals surface area contributed by atoms with Crippen molar-refractivity contribution in [3.8, 4) is 0 Å². The van der Waals surface area contributed by atoms with Gasteiger partial charge < -0.3 is 15.1 Å². The molecule has 1 rings (SSSR count). The van der Waals surface area contributed by atoms with Crippen LogP contribution in [0.4, 0.5) is 0 Å². The average molecular weight is 335 g/mol. The predicted molar refractivity (Wildman–Crippen MR) is 77.4 cm³/mol. The minimum Gasteiger partial charge on any atom is -0.469 e. The van der Waals surface area contributed by atoms with Crippen LogP contribution in [0.2, 0.25) is 0 Å². The number of rotatable bonds is 5. The fourth-order valence-electron chi connectivity index (χ4n) is 1.15. The zero-order valence-electron chi connectivity index (χ0n) is 9.40. The van der Waals surface area contributed by atoms with Gasteiger partial charge in [0.05, 0.1) is 6.26 Å². The van der Waals surface area contributed by atoms with Crippen LogP contribution in [-0.4, -0.2) is 26.1 Å². The molecule has 0 bridgehead atoms. The van der Waals surface area contributed by atoms with Crippen molar-refractivity contribution in [1.29, 1.82) is 0 Å². The summed E-state index contributed by atoms with van der Waals surface area (Å²) in [6.07, 6.45) is 4.32. The Labute approximate surface area is 113 Å². The van der Waals surface area contributed by atoms with Crippen molar-refractivity contribution < 1.29 is 4.42 Å². The van der Waals surface area contributed by atoms with Gasteiger partial charge in [-0.25, -0.2) is 0 Å². The first-order valence-electron chi connectivity index (χ1n) is 4.94. The molecule has 0 aliphatic heterocycles. The molecule has 0 saturated heterocycles. The van der Waals surface area contributed by atoms with Crippen molar-refractivity contribution in [2.24, 2.45) is 4.99 Å². The molecule has 2 N–H and O–H groups in total.